The van der Waals surface area contributed by atoms with Crippen LogP contribution in [0.4, 0.5) is 0 Å². The zero-order valence-corrected chi connectivity index (χ0v) is 9.16. The van der Waals surface area contributed by atoms with Gasteiger partial charge in [0.2, 0.25) is 0 Å². The van der Waals surface area contributed by atoms with E-state index in [0.29, 0.717) is 12.2 Å². The van der Waals surface area contributed by atoms with E-state index in [2.05, 4.69) is 4.89 Å². The van der Waals surface area contributed by atoms with Gasteiger partial charge in [-0.25, -0.2) is 4.79 Å². The van der Waals surface area contributed by atoms with Crippen LogP contribution in [-0.4, -0.2) is 12.6 Å². The van der Waals surface area contributed by atoms with Crippen molar-refractivity contribution in [3.63, 3.8) is 0 Å². The first kappa shape index (κ1) is 11.7. The fraction of sp³-hybridized carbons (Fsp3) is 0.417. The van der Waals surface area contributed by atoms with E-state index in [1.54, 1.807) is 6.07 Å². The standard InChI is InChI=1S/C12H16O3/c1-3-9-14-15-12(13)11-8-6-5-7-10(11)4-2/h5-8H,3-4,9H2,1-2H3. The predicted molar refractivity (Wildman–Crippen MR) is 57.5 cm³/mol. The fourth-order valence-corrected chi connectivity index (χ4v) is 1.25. The molecule has 0 bridgehead atoms. The van der Waals surface area contributed by atoms with E-state index < -0.39 is 5.97 Å². The molecule has 0 N–H and O–H groups in total. The molecule has 3 heteroatoms. The number of aryl methyl sites for hydroxylation is 1. The third kappa shape index (κ3) is 3.36. The lowest BCUT2D eigenvalue weighted by Gasteiger charge is -2.06. The maximum Gasteiger partial charge on any atom is 0.373 e. The van der Waals surface area contributed by atoms with Crippen LogP contribution in [0.2, 0.25) is 0 Å². The van der Waals surface area contributed by atoms with E-state index in [1.165, 1.54) is 0 Å². The highest BCUT2D eigenvalue weighted by Crippen LogP contribution is 2.10. The number of hydrogen-bond acceptors (Lipinski definition) is 3. The largest absolute Gasteiger partial charge is 0.373 e. The molecule has 0 saturated heterocycles. The first-order chi connectivity index (χ1) is 7.29. The fourth-order valence-electron chi connectivity index (χ4n) is 1.25. The molecule has 1 aromatic rings. The summed E-state index contributed by atoms with van der Waals surface area (Å²) in [7, 11) is 0. The SMILES string of the molecule is CCCOOC(=O)c1ccccc1CC. The Labute approximate surface area is 89.9 Å². The van der Waals surface area contributed by atoms with E-state index >= 15 is 0 Å². The lowest BCUT2D eigenvalue weighted by Crippen LogP contribution is -2.09. The van der Waals surface area contributed by atoms with Gasteiger partial charge in [0.05, 0.1) is 12.2 Å². The van der Waals surface area contributed by atoms with Gasteiger partial charge in [0.15, 0.2) is 0 Å². The molecular weight excluding hydrogens is 192 g/mol. The molecule has 3 nitrogen and oxygen atoms in total. The Balaban J connectivity index is 2.64. The first-order valence-electron chi connectivity index (χ1n) is 5.21. The lowest BCUT2D eigenvalue weighted by atomic mass is 10.1. The van der Waals surface area contributed by atoms with Gasteiger partial charge in [0.1, 0.15) is 0 Å². The van der Waals surface area contributed by atoms with Crippen molar-refractivity contribution in [3.05, 3.63) is 35.4 Å². The van der Waals surface area contributed by atoms with E-state index in [9.17, 15) is 4.79 Å². The first-order valence-corrected chi connectivity index (χ1v) is 5.21. The summed E-state index contributed by atoms with van der Waals surface area (Å²) in [4.78, 5) is 21.0. The molecule has 15 heavy (non-hydrogen) atoms. The van der Waals surface area contributed by atoms with Gasteiger partial charge in [-0.1, -0.05) is 32.0 Å². The molecule has 0 aliphatic carbocycles. The smallest absolute Gasteiger partial charge is 0.293 e. The van der Waals surface area contributed by atoms with Crippen LogP contribution in [0.3, 0.4) is 0 Å². The van der Waals surface area contributed by atoms with Crippen molar-refractivity contribution >= 4 is 5.97 Å². The second kappa shape index (κ2) is 6.19. The average Bonchev–Trinajstić information content (AvgIpc) is 2.29. The summed E-state index contributed by atoms with van der Waals surface area (Å²) in [5.41, 5.74) is 1.55. The second-order valence-electron chi connectivity index (χ2n) is 3.20. The van der Waals surface area contributed by atoms with E-state index in [0.717, 1.165) is 18.4 Å². The quantitative estimate of drug-likeness (QED) is 0.424. The molecule has 0 saturated carbocycles. The second-order valence-corrected chi connectivity index (χ2v) is 3.20. The Morgan fingerprint density at radius 3 is 2.67 bits per heavy atom. The number of carbonyl (C=O) groups is 1. The maximum atomic E-state index is 11.6. The molecule has 0 fully saturated rings. The molecule has 0 aliphatic heterocycles. The predicted octanol–water partition coefficient (Wildman–Crippen LogP) is 2.75. The number of carbonyl (C=O) groups excluding carboxylic acids is 1. The van der Waals surface area contributed by atoms with Crippen LogP contribution in [0.5, 0.6) is 0 Å². The Kier molecular flexibility index (Phi) is 4.84. The van der Waals surface area contributed by atoms with Crippen molar-refractivity contribution in [1.29, 1.82) is 0 Å². The van der Waals surface area contributed by atoms with Gasteiger partial charge in [-0.2, -0.15) is 4.89 Å². The molecule has 0 spiro atoms. The number of rotatable bonds is 5. The van der Waals surface area contributed by atoms with Gasteiger partial charge in [-0.15, -0.1) is 0 Å². The lowest BCUT2D eigenvalue weighted by molar-refractivity contribution is -0.240. The molecule has 0 amide bonds. The number of hydrogen-bond donors (Lipinski definition) is 0. The van der Waals surface area contributed by atoms with Gasteiger partial charge < -0.3 is 0 Å². The van der Waals surface area contributed by atoms with E-state index in [1.807, 2.05) is 32.0 Å². The van der Waals surface area contributed by atoms with Gasteiger partial charge >= 0.3 is 5.97 Å². The average molecular weight is 208 g/mol. The third-order valence-corrected chi connectivity index (χ3v) is 2.04. The molecule has 0 radical (unpaired) electrons. The van der Waals surface area contributed by atoms with Crippen molar-refractivity contribution in [2.75, 3.05) is 6.61 Å². The molecule has 0 heterocycles. The normalized spacial score (nSPS) is 10.0. The highest BCUT2D eigenvalue weighted by Gasteiger charge is 2.11. The van der Waals surface area contributed by atoms with Crippen molar-refractivity contribution in [2.24, 2.45) is 0 Å². The Hall–Kier alpha value is -1.35. The molecule has 0 unspecified atom stereocenters. The molecular formula is C12H16O3. The summed E-state index contributed by atoms with van der Waals surface area (Å²) in [5, 5.41) is 0. The minimum atomic E-state index is -0.416. The monoisotopic (exact) mass is 208 g/mol. The summed E-state index contributed by atoms with van der Waals surface area (Å²) in [6.45, 7) is 4.38. The zero-order chi connectivity index (χ0) is 11.1. The van der Waals surface area contributed by atoms with Crippen molar-refractivity contribution in [2.45, 2.75) is 26.7 Å². The van der Waals surface area contributed by atoms with Crippen LogP contribution in [0.1, 0.15) is 36.2 Å². The summed E-state index contributed by atoms with van der Waals surface area (Å²) < 4.78 is 0. The summed E-state index contributed by atoms with van der Waals surface area (Å²) >= 11 is 0. The Bertz CT molecular complexity index is 320. The Morgan fingerprint density at radius 2 is 2.00 bits per heavy atom. The molecule has 82 valence electrons. The minimum absolute atomic E-state index is 0.416. The van der Waals surface area contributed by atoms with Crippen LogP contribution in [-0.2, 0) is 16.2 Å². The number of benzene rings is 1. The maximum absolute atomic E-state index is 11.6. The van der Waals surface area contributed by atoms with Crippen molar-refractivity contribution < 1.29 is 14.6 Å². The van der Waals surface area contributed by atoms with Crippen LogP contribution in [0.25, 0.3) is 0 Å². The zero-order valence-electron chi connectivity index (χ0n) is 9.16. The van der Waals surface area contributed by atoms with Gasteiger partial charge in [-0.3, -0.25) is 4.89 Å². The van der Waals surface area contributed by atoms with Crippen LogP contribution in [0.15, 0.2) is 24.3 Å². The topological polar surface area (TPSA) is 35.5 Å². The third-order valence-electron chi connectivity index (χ3n) is 2.04. The van der Waals surface area contributed by atoms with E-state index in [4.69, 9.17) is 4.89 Å². The van der Waals surface area contributed by atoms with Crippen LogP contribution < -0.4 is 0 Å². The van der Waals surface area contributed by atoms with E-state index in [-0.39, 0.29) is 0 Å². The minimum Gasteiger partial charge on any atom is -0.293 e. The van der Waals surface area contributed by atoms with Crippen molar-refractivity contribution in [3.8, 4) is 0 Å². The van der Waals surface area contributed by atoms with Gasteiger partial charge in [0.25, 0.3) is 0 Å². The highest BCUT2D eigenvalue weighted by atomic mass is 17.2. The molecule has 0 aromatic heterocycles. The van der Waals surface area contributed by atoms with Gasteiger partial charge in [-0.05, 0) is 24.5 Å². The molecule has 1 rings (SSSR count). The summed E-state index contributed by atoms with van der Waals surface area (Å²) in [6, 6.07) is 7.38. The summed E-state index contributed by atoms with van der Waals surface area (Å²) in [5.74, 6) is -0.416. The molecule has 1 aromatic carbocycles. The molecule has 0 atom stereocenters. The highest BCUT2D eigenvalue weighted by molar-refractivity contribution is 5.90. The molecule has 0 aliphatic rings. The van der Waals surface area contributed by atoms with Crippen LogP contribution >= 0.6 is 0 Å². The van der Waals surface area contributed by atoms with Crippen molar-refractivity contribution in [1.82, 2.24) is 0 Å². The summed E-state index contributed by atoms with van der Waals surface area (Å²) in [6.07, 6.45) is 1.63. The Morgan fingerprint density at radius 1 is 1.27 bits per heavy atom. The van der Waals surface area contributed by atoms with Crippen LogP contribution in [0, 0.1) is 0 Å². The van der Waals surface area contributed by atoms with Gasteiger partial charge in [0, 0.05) is 0 Å².